The van der Waals surface area contributed by atoms with Gasteiger partial charge in [0.1, 0.15) is 6.61 Å². The summed E-state index contributed by atoms with van der Waals surface area (Å²) in [6, 6.07) is 10.1. The van der Waals surface area contributed by atoms with Crippen LogP contribution in [0.2, 0.25) is 0 Å². The highest BCUT2D eigenvalue weighted by Gasteiger charge is 1.98. The van der Waals surface area contributed by atoms with Crippen molar-refractivity contribution in [3.05, 3.63) is 48.0 Å². The van der Waals surface area contributed by atoms with E-state index in [2.05, 4.69) is 6.92 Å². The lowest BCUT2D eigenvalue weighted by Gasteiger charge is -2.08. The number of esters is 1. The summed E-state index contributed by atoms with van der Waals surface area (Å²) in [5.74, 6) is 0.0527. The lowest BCUT2D eigenvalue weighted by molar-refractivity contribution is -0.139. The van der Waals surface area contributed by atoms with Crippen molar-refractivity contribution in [2.75, 3.05) is 13.2 Å². The number of hydrogen-bond acceptors (Lipinski definition) is 3. The highest BCUT2D eigenvalue weighted by molar-refractivity contribution is 5.65. The summed E-state index contributed by atoms with van der Waals surface area (Å²) in [5, 5.41) is 0. The molecule has 0 radical (unpaired) electrons. The van der Waals surface area contributed by atoms with E-state index in [0.717, 1.165) is 0 Å². The van der Waals surface area contributed by atoms with Crippen molar-refractivity contribution >= 4 is 5.97 Å². The first-order valence-corrected chi connectivity index (χ1v) is 6.10. The van der Waals surface area contributed by atoms with Gasteiger partial charge in [-0.15, -0.1) is 0 Å². The van der Waals surface area contributed by atoms with E-state index in [4.69, 9.17) is 9.47 Å². The molecular weight excluding hydrogens is 228 g/mol. The molecule has 0 aromatic heterocycles. The summed E-state index contributed by atoms with van der Waals surface area (Å²) in [4.78, 5) is 10.5. The molecule has 3 nitrogen and oxygen atoms in total. The molecule has 0 saturated heterocycles. The Hall–Kier alpha value is -1.61. The zero-order valence-corrected chi connectivity index (χ0v) is 11.0. The van der Waals surface area contributed by atoms with Gasteiger partial charge >= 0.3 is 5.97 Å². The van der Waals surface area contributed by atoms with Crippen LogP contribution in [0.3, 0.4) is 0 Å². The first kappa shape index (κ1) is 14.5. The normalized spacial score (nSPS) is 12.6. The molecule has 1 rings (SSSR count). The van der Waals surface area contributed by atoms with E-state index in [-0.39, 0.29) is 5.97 Å². The molecule has 0 aliphatic heterocycles. The Morgan fingerprint density at radius 1 is 1.33 bits per heavy atom. The summed E-state index contributed by atoms with van der Waals surface area (Å²) in [5.41, 5.74) is 1.17. The minimum atomic E-state index is -0.257. The summed E-state index contributed by atoms with van der Waals surface area (Å²) >= 11 is 0. The topological polar surface area (TPSA) is 35.5 Å². The molecule has 98 valence electrons. The predicted molar refractivity (Wildman–Crippen MR) is 71.0 cm³/mol. The fourth-order valence-corrected chi connectivity index (χ4v) is 1.45. The molecule has 0 fully saturated rings. The van der Waals surface area contributed by atoms with Crippen molar-refractivity contribution in [1.82, 2.24) is 0 Å². The number of hydrogen-bond donors (Lipinski definition) is 0. The maximum absolute atomic E-state index is 10.5. The number of benzene rings is 1. The Balaban J connectivity index is 2.13. The summed E-state index contributed by atoms with van der Waals surface area (Å²) in [7, 11) is 0. The largest absolute Gasteiger partial charge is 0.462 e. The van der Waals surface area contributed by atoms with E-state index in [1.807, 2.05) is 42.5 Å². The van der Waals surface area contributed by atoms with Gasteiger partial charge in [-0.2, -0.15) is 0 Å². The average molecular weight is 248 g/mol. The highest BCUT2D eigenvalue weighted by atomic mass is 16.5. The van der Waals surface area contributed by atoms with Crippen molar-refractivity contribution in [3.8, 4) is 0 Å². The van der Waals surface area contributed by atoms with E-state index in [0.29, 0.717) is 25.7 Å². The third kappa shape index (κ3) is 6.86. The van der Waals surface area contributed by atoms with Crippen LogP contribution in [0.25, 0.3) is 0 Å². The smallest absolute Gasteiger partial charge is 0.302 e. The van der Waals surface area contributed by atoms with Gasteiger partial charge in [0.25, 0.3) is 0 Å². The van der Waals surface area contributed by atoms with E-state index in [9.17, 15) is 4.79 Å². The Bertz CT molecular complexity index is 371. The van der Waals surface area contributed by atoms with Crippen molar-refractivity contribution in [2.24, 2.45) is 5.92 Å². The molecule has 18 heavy (non-hydrogen) atoms. The maximum Gasteiger partial charge on any atom is 0.302 e. The predicted octanol–water partition coefficient (Wildman–Crippen LogP) is 2.96. The number of rotatable bonds is 7. The third-order valence-electron chi connectivity index (χ3n) is 2.34. The zero-order valence-electron chi connectivity index (χ0n) is 11.0. The summed E-state index contributed by atoms with van der Waals surface area (Å²) in [6.45, 7) is 5.09. The molecule has 1 aromatic rings. The Morgan fingerprint density at radius 2 is 2.06 bits per heavy atom. The highest BCUT2D eigenvalue weighted by Crippen LogP contribution is 2.04. The Labute approximate surface area is 108 Å². The SMILES string of the molecule is CC(=O)OC/C=C\[C@@H](C)COCc1ccccc1. The summed E-state index contributed by atoms with van der Waals surface area (Å²) in [6.07, 6.45) is 3.84. The third-order valence-corrected chi connectivity index (χ3v) is 2.34. The van der Waals surface area contributed by atoms with Gasteiger partial charge in [0.2, 0.25) is 0 Å². The van der Waals surface area contributed by atoms with Crippen molar-refractivity contribution in [3.63, 3.8) is 0 Å². The van der Waals surface area contributed by atoms with Gasteiger partial charge in [-0.05, 0) is 11.5 Å². The Morgan fingerprint density at radius 3 is 2.72 bits per heavy atom. The molecule has 0 bridgehead atoms. The van der Waals surface area contributed by atoms with E-state index < -0.39 is 0 Å². The lowest BCUT2D eigenvalue weighted by Crippen LogP contribution is -2.04. The van der Waals surface area contributed by atoms with Gasteiger partial charge in [0.05, 0.1) is 13.2 Å². The van der Waals surface area contributed by atoms with E-state index in [1.165, 1.54) is 12.5 Å². The Kier molecular flexibility index (Phi) is 6.81. The fourth-order valence-electron chi connectivity index (χ4n) is 1.45. The number of carbonyl (C=O) groups excluding carboxylic acids is 1. The van der Waals surface area contributed by atoms with Gasteiger partial charge in [-0.1, -0.05) is 49.4 Å². The van der Waals surface area contributed by atoms with Crippen LogP contribution in [0.4, 0.5) is 0 Å². The molecule has 3 heteroatoms. The first-order valence-electron chi connectivity index (χ1n) is 6.10. The molecule has 1 aromatic carbocycles. The quantitative estimate of drug-likeness (QED) is 0.549. The van der Waals surface area contributed by atoms with Gasteiger partial charge in [0, 0.05) is 6.92 Å². The standard InChI is InChI=1S/C15H20O3/c1-13(7-6-10-18-14(2)16)11-17-12-15-8-4-3-5-9-15/h3-9,13H,10-12H2,1-2H3/b7-6-/t13-/m1/s1. The van der Waals surface area contributed by atoms with Crippen LogP contribution in [-0.4, -0.2) is 19.2 Å². The zero-order chi connectivity index (χ0) is 13.2. The molecule has 0 amide bonds. The maximum atomic E-state index is 10.5. The lowest BCUT2D eigenvalue weighted by atomic mass is 10.2. The number of carbonyl (C=O) groups is 1. The number of ether oxygens (including phenoxy) is 2. The van der Waals surface area contributed by atoms with Gasteiger partial charge in [0.15, 0.2) is 0 Å². The molecule has 0 N–H and O–H groups in total. The monoisotopic (exact) mass is 248 g/mol. The molecule has 0 spiro atoms. The minimum absolute atomic E-state index is 0.257. The molecular formula is C15H20O3. The minimum Gasteiger partial charge on any atom is -0.462 e. The molecule has 1 atom stereocenters. The van der Waals surface area contributed by atoms with Crippen LogP contribution < -0.4 is 0 Å². The average Bonchev–Trinajstić information content (AvgIpc) is 2.36. The molecule has 0 aliphatic carbocycles. The van der Waals surface area contributed by atoms with E-state index in [1.54, 1.807) is 0 Å². The van der Waals surface area contributed by atoms with Crippen LogP contribution in [0, 0.1) is 5.92 Å². The van der Waals surface area contributed by atoms with E-state index >= 15 is 0 Å². The van der Waals surface area contributed by atoms with Gasteiger partial charge in [-0.25, -0.2) is 0 Å². The van der Waals surface area contributed by atoms with Crippen LogP contribution in [0.5, 0.6) is 0 Å². The van der Waals surface area contributed by atoms with Gasteiger partial charge < -0.3 is 9.47 Å². The first-order chi connectivity index (χ1) is 8.68. The van der Waals surface area contributed by atoms with Crippen LogP contribution in [-0.2, 0) is 20.9 Å². The van der Waals surface area contributed by atoms with Crippen molar-refractivity contribution in [1.29, 1.82) is 0 Å². The second kappa shape index (κ2) is 8.48. The van der Waals surface area contributed by atoms with Gasteiger partial charge in [-0.3, -0.25) is 4.79 Å². The molecule has 0 unspecified atom stereocenters. The fraction of sp³-hybridized carbons (Fsp3) is 0.400. The summed E-state index contributed by atoms with van der Waals surface area (Å²) < 4.78 is 10.4. The van der Waals surface area contributed by atoms with Crippen molar-refractivity contribution < 1.29 is 14.3 Å². The van der Waals surface area contributed by atoms with Crippen LogP contribution >= 0.6 is 0 Å². The van der Waals surface area contributed by atoms with Crippen molar-refractivity contribution in [2.45, 2.75) is 20.5 Å². The molecule has 0 saturated carbocycles. The second-order valence-electron chi connectivity index (χ2n) is 4.21. The van der Waals surface area contributed by atoms with Crippen LogP contribution in [0.1, 0.15) is 19.4 Å². The second-order valence-corrected chi connectivity index (χ2v) is 4.21. The van der Waals surface area contributed by atoms with Crippen LogP contribution in [0.15, 0.2) is 42.5 Å². The molecule has 0 heterocycles. The molecule has 0 aliphatic rings.